The zero-order valence-corrected chi connectivity index (χ0v) is 17.6. The Hall–Kier alpha value is -3.19. The van der Waals surface area contributed by atoms with Crippen molar-refractivity contribution in [1.82, 2.24) is 9.55 Å². The number of aryl methyl sites for hydroxylation is 1. The number of anilines is 2. The van der Waals surface area contributed by atoms with Gasteiger partial charge in [-0.3, -0.25) is 19.1 Å². The van der Waals surface area contributed by atoms with Crippen molar-refractivity contribution in [3.63, 3.8) is 0 Å². The number of nitrogens with one attached hydrogen (secondary N) is 1. The summed E-state index contributed by atoms with van der Waals surface area (Å²) in [5.41, 5.74) is 3.64. The molecule has 7 heteroatoms. The number of hydrogen-bond donors (Lipinski definition) is 1. The zero-order chi connectivity index (χ0) is 21.4. The molecule has 5 rings (SSSR count). The first-order valence-electron chi connectivity index (χ1n) is 10.9. The molecule has 3 heterocycles. The summed E-state index contributed by atoms with van der Waals surface area (Å²) in [4.78, 5) is 32.6. The van der Waals surface area contributed by atoms with E-state index in [4.69, 9.17) is 9.72 Å². The molecule has 31 heavy (non-hydrogen) atoms. The molecule has 0 bridgehead atoms. The van der Waals surface area contributed by atoms with Crippen LogP contribution in [0.3, 0.4) is 0 Å². The predicted octanol–water partition coefficient (Wildman–Crippen LogP) is 3.69. The highest BCUT2D eigenvalue weighted by molar-refractivity contribution is 6.05. The number of imidazole rings is 1. The number of carbonyl (C=O) groups excluding carboxylic acids is 2. The van der Waals surface area contributed by atoms with Gasteiger partial charge in [0, 0.05) is 12.3 Å². The average Bonchev–Trinajstić information content (AvgIpc) is 3.48. The molecule has 7 nitrogen and oxygen atoms in total. The van der Waals surface area contributed by atoms with Crippen molar-refractivity contribution < 1.29 is 14.3 Å². The summed E-state index contributed by atoms with van der Waals surface area (Å²) < 4.78 is 7.67. The van der Waals surface area contributed by atoms with Crippen LogP contribution in [0.1, 0.15) is 37.8 Å². The lowest BCUT2D eigenvalue weighted by Crippen LogP contribution is -2.37. The number of benzene rings is 2. The Morgan fingerprint density at radius 2 is 2.00 bits per heavy atom. The normalized spacial score (nSPS) is 20.4. The highest BCUT2D eigenvalue weighted by Gasteiger charge is 2.42. The van der Waals surface area contributed by atoms with E-state index >= 15 is 0 Å². The van der Waals surface area contributed by atoms with E-state index in [1.54, 1.807) is 4.90 Å². The molecule has 0 spiro atoms. The lowest BCUT2D eigenvalue weighted by atomic mass is 10.1. The number of nitrogens with zero attached hydrogens (tertiary/aromatic N) is 3. The quantitative estimate of drug-likeness (QED) is 0.662. The van der Waals surface area contributed by atoms with E-state index in [-0.39, 0.29) is 24.3 Å². The Morgan fingerprint density at radius 3 is 2.74 bits per heavy atom. The van der Waals surface area contributed by atoms with Crippen LogP contribution in [0, 0.1) is 0 Å². The van der Waals surface area contributed by atoms with Gasteiger partial charge in [0.25, 0.3) is 5.91 Å². The molecule has 0 radical (unpaired) electrons. The van der Waals surface area contributed by atoms with Crippen molar-refractivity contribution in [2.24, 2.45) is 0 Å². The van der Waals surface area contributed by atoms with Crippen molar-refractivity contribution in [1.29, 1.82) is 0 Å². The van der Waals surface area contributed by atoms with Crippen LogP contribution in [-0.4, -0.2) is 40.6 Å². The molecule has 2 aromatic carbocycles. The summed E-state index contributed by atoms with van der Waals surface area (Å²) in [5.74, 6) is 0.317. The Morgan fingerprint density at radius 1 is 1.19 bits per heavy atom. The highest BCUT2D eigenvalue weighted by Crippen LogP contribution is 2.37. The Kier molecular flexibility index (Phi) is 5.19. The summed E-state index contributed by atoms with van der Waals surface area (Å²) in [5, 5.41) is 2.93. The SMILES string of the molecule is CCc1ccc(NC(=O)C[C@H]2C(=O)N(C[C@@H]3CCCO3)c3nc4ccccc4n32)cc1. The minimum absolute atomic E-state index is 0.0156. The number of aromatic nitrogens is 2. The minimum atomic E-state index is -0.612. The zero-order valence-electron chi connectivity index (χ0n) is 17.6. The number of amides is 2. The first-order valence-corrected chi connectivity index (χ1v) is 10.9. The van der Waals surface area contributed by atoms with Gasteiger partial charge in [-0.15, -0.1) is 0 Å². The summed E-state index contributed by atoms with van der Waals surface area (Å²) in [6.07, 6.45) is 2.96. The summed E-state index contributed by atoms with van der Waals surface area (Å²) in [6.45, 7) is 3.29. The predicted molar refractivity (Wildman–Crippen MR) is 119 cm³/mol. The van der Waals surface area contributed by atoms with Gasteiger partial charge in [-0.1, -0.05) is 31.2 Å². The molecule has 1 saturated heterocycles. The van der Waals surface area contributed by atoms with Crippen molar-refractivity contribution in [3.8, 4) is 0 Å². The third-order valence-electron chi connectivity index (χ3n) is 6.12. The van der Waals surface area contributed by atoms with Crippen LogP contribution in [0.4, 0.5) is 11.6 Å². The summed E-state index contributed by atoms with van der Waals surface area (Å²) in [7, 11) is 0. The van der Waals surface area contributed by atoms with Gasteiger partial charge < -0.3 is 10.1 Å². The Labute approximate surface area is 181 Å². The van der Waals surface area contributed by atoms with E-state index in [2.05, 4.69) is 12.2 Å². The molecule has 2 amide bonds. The van der Waals surface area contributed by atoms with Gasteiger partial charge >= 0.3 is 0 Å². The maximum absolute atomic E-state index is 13.4. The smallest absolute Gasteiger partial charge is 0.253 e. The number of ether oxygens (including phenoxy) is 1. The van der Waals surface area contributed by atoms with Crippen LogP contribution in [0.2, 0.25) is 0 Å². The minimum Gasteiger partial charge on any atom is -0.376 e. The molecule has 0 unspecified atom stereocenters. The number of fused-ring (bicyclic) bond motifs is 3. The monoisotopic (exact) mass is 418 g/mol. The van der Waals surface area contributed by atoms with E-state index in [0.29, 0.717) is 12.5 Å². The van der Waals surface area contributed by atoms with Crippen LogP contribution >= 0.6 is 0 Å². The first-order chi connectivity index (χ1) is 15.1. The topological polar surface area (TPSA) is 76.5 Å². The maximum atomic E-state index is 13.4. The largest absolute Gasteiger partial charge is 0.376 e. The van der Waals surface area contributed by atoms with Gasteiger partial charge in [0.2, 0.25) is 11.9 Å². The fourth-order valence-electron chi connectivity index (χ4n) is 4.47. The molecular formula is C24H26N4O3. The molecule has 1 N–H and O–H groups in total. The van der Waals surface area contributed by atoms with E-state index < -0.39 is 6.04 Å². The molecular weight excluding hydrogens is 392 g/mol. The standard InChI is InChI=1S/C24H26N4O3/c1-2-16-9-11-17(12-10-16)25-22(29)14-21-23(30)27(15-18-6-5-13-31-18)24-26-19-7-3-4-8-20(19)28(21)24/h3-4,7-12,18,21H,2,5-6,13-15H2,1H3,(H,25,29)/t18-,21-/m0/s1. The fraction of sp³-hybridized carbons (Fsp3) is 0.375. The second-order valence-corrected chi connectivity index (χ2v) is 8.17. The van der Waals surface area contributed by atoms with E-state index in [1.807, 2.05) is 53.1 Å². The average molecular weight is 418 g/mol. The highest BCUT2D eigenvalue weighted by atomic mass is 16.5. The number of para-hydroxylation sites is 2. The van der Waals surface area contributed by atoms with E-state index in [9.17, 15) is 9.59 Å². The molecule has 1 fully saturated rings. The van der Waals surface area contributed by atoms with E-state index in [1.165, 1.54) is 5.56 Å². The van der Waals surface area contributed by atoms with Crippen molar-refractivity contribution in [2.45, 2.75) is 44.8 Å². The molecule has 160 valence electrons. The molecule has 2 aliphatic rings. The second kappa shape index (κ2) is 8.15. The van der Waals surface area contributed by atoms with Gasteiger partial charge in [-0.05, 0) is 49.1 Å². The molecule has 2 aliphatic heterocycles. The number of rotatable bonds is 6. The number of hydrogen-bond acceptors (Lipinski definition) is 4. The first kappa shape index (κ1) is 19.8. The van der Waals surface area contributed by atoms with Crippen LogP contribution in [0.25, 0.3) is 11.0 Å². The second-order valence-electron chi connectivity index (χ2n) is 8.17. The molecule has 0 aliphatic carbocycles. The summed E-state index contributed by atoms with van der Waals surface area (Å²) in [6, 6.07) is 14.9. The molecule has 3 aromatic rings. The van der Waals surface area contributed by atoms with Gasteiger partial charge in [-0.2, -0.15) is 0 Å². The fourth-order valence-corrected chi connectivity index (χ4v) is 4.47. The summed E-state index contributed by atoms with van der Waals surface area (Å²) >= 11 is 0. The Bertz CT molecular complexity index is 1120. The van der Waals surface area contributed by atoms with Crippen LogP contribution < -0.4 is 10.2 Å². The van der Waals surface area contributed by atoms with Gasteiger partial charge in [-0.25, -0.2) is 4.98 Å². The van der Waals surface area contributed by atoms with Gasteiger partial charge in [0.15, 0.2) is 0 Å². The molecule has 1 aromatic heterocycles. The molecule has 2 atom stereocenters. The lowest BCUT2D eigenvalue weighted by Gasteiger charge is -2.19. The van der Waals surface area contributed by atoms with Crippen LogP contribution in [0.5, 0.6) is 0 Å². The number of carbonyl (C=O) groups is 2. The van der Waals surface area contributed by atoms with Crippen molar-refractivity contribution >= 4 is 34.5 Å². The lowest BCUT2D eigenvalue weighted by molar-refractivity contribution is -0.124. The third kappa shape index (κ3) is 3.70. The van der Waals surface area contributed by atoms with Crippen LogP contribution in [-0.2, 0) is 20.7 Å². The van der Waals surface area contributed by atoms with Crippen molar-refractivity contribution in [3.05, 3.63) is 54.1 Å². The van der Waals surface area contributed by atoms with Gasteiger partial charge in [0.05, 0.1) is 30.1 Å². The van der Waals surface area contributed by atoms with Crippen LogP contribution in [0.15, 0.2) is 48.5 Å². The van der Waals surface area contributed by atoms with E-state index in [0.717, 1.165) is 42.6 Å². The van der Waals surface area contributed by atoms with Gasteiger partial charge in [0.1, 0.15) is 6.04 Å². The molecule has 0 saturated carbocycles. The maximum Gasteiger partial charge on any atom is 0.253 e. The van der Waals surface area contributed by atoms with Crippen molar-refractivity contribution in [2.75, 3.05) is 23.4 Å². The Balaban J connectivity index is 1.41. The third-order valence-corrected chi connectivity index (χ3v) is 6.12.